The van der Waals surface area contributed by atoms with Crippen molar-refractivity contribution in [2.24, 2.45) is 11.1 Å². The maximum atomic E-state index is 5.77. The zero-order valence-corrected chi connectivity index (χ0v) is 11.9. The molecular weight excluding hydrogens is 240 g/mol. The van der Waals surface area contributed by atoms with Crippen LogP contribution in [0, 0.1) is 5.41 Å². The monoisotopic (exact) mass is 264 g/mol. The van der Waals surface area contributed by atoms with Gasteiger partial charge in [-0.2, -0.15) is 0 Å². The Labute approximate surface area is 115 Å². The average Bonchev–Trinajstić information content (AvgIpc) is 3.24. The standard InChI is InChI=1S/C15H24N2O2/c1-18-13-4-3-12(14(9-13)19-2)5-8-17-11-15(10-16)6-7-15/h3-4,9,17H,5-8,10-11,16H2,1-2H3. The van der Waals surface area contributed by atoms with Gasteiger partial charge in [0.15, 0.2) is 0 Å². The van der Waals surface area contributed by atoms with Crippen LogP contribution < -0.4 is 20.5 Å². The van der Waals surface area contributed by atoms with Crippen molar-refractivity contribution >= 4 is 0 Å². The minimum absolute atomic E-state index is 0.393. The Bertz CT molecular complexity index is 417. The van der Waals surface area contributed by atoms with Gasteiger partial charge in [0.05, 0.1) is 14.2 Å². The highest BCUT2D eigenvalue weighted by Crippen LogP contribution is 2.43. The fraction of sp³-hybridized carbons (Fsp3) is 0.600. The van der Waals surface area contributed by atoms with Gasteiger partial charge in [-0.3, -0.25) is 0 Å². The van der Waals surface area contributed by atoms with Gasteiger partial charge in [0.25, 0.3) is 0 Å². The summed E-state index contributed by atoms with van der Waals surface area (Å²) in [5.41, 5.74) is 7.36. The van der Waals surface area contributed by atoms with Crippen molar-refractivity contribution in [2.75, 3.05) is 33.9 Å². The van der Waals surface area contributed by atoms with Gasteiger partial charge < -0.3 is 20.5 Å². The van der Waals surface area contributed by atoms with Crippen LogP contribution in [0.3, 0.4) is 0 Å². The lowest BCUT2D eigenvalue weighted by Gasteiger charge is -2.14. The molecule has 4 nitrogen and oxygen atoms in total. The van der Waals surface area contributed by atoms with E-state index in [0.29, 0.717) is 5.41 Å². The van der Waals surface area contributed by atoms with Crippen molar-refractivity contribution < 1.29 is 9.47 Å². The Kier molecular flexibility index (Phi) is 4.66. The maximum absolute atomic E-state index is 5.77. The van der Waals surface area contributed by atoms with Gasteiger partial charge in [0.2, 0.25) is 0 Å². The summed E-state index contributed by atoms with van der Waals surface area (Å²) in [6.07, 6.45) is 3.48. The number of nitrogens with two attached hydrogens (primary N) is 1. The second-order valence-corrected chi connectivity index (χ2v) is 5.31. The maximum Gasteiger partial charge on any atom is 0.125 e. The van der Waals surface area contributed by atoms with E-state index in [-0.39, 0.29) is 0 Å². The highest BCUT2D eigenvalue weighted by atomic mass is 16.5. The number of benzene rings is 1. The second kappa shape index (κ2) is 6.26. The lowest BCUT2D eigenvalue weighted by molar-refractivity contribution is 0.390. The van der Waals surface area contributed by atoms with Crippen LogP contribution in [0.15, 0.2) is 18.2 Å². The first-order valence-corrected chi connectivity index (χ1v) is 6.85. The summed E-state index contributed by atoms with van der Waals surface area (Å²) in [5.74, 6) is 1.72. The zero-order chi connectivity index (χ0) is 13.7. The minimum atomic E-state index is 0.393. The fourth-order valence-electron chi connectivity index (χ4n) is 2.26. The largest absolute Gasteiger partial charge is 0.497 e. The Morgan fingerprint density at radius 1 is 1.26 bits per heavy atom. The van der Waals surface area contributed by atoms with E-state index in [0.717, 1.165) is 37.6 Å². The van der Waals surface area contributed by atoms with Gasteiger partial charge >= 0.3 is 0 Å². The first-order chi connectivity index (χ1) is 9.23. The molecule has 1 aliphatic carbocycles. The Morgan fingerprint density at radius 2 is 2.05 bits per heavy atom. The van der Waals surface area contributed by atoms with E-state index in [9.17, 15) is 0 Å². The Morgan fingerprint density at radius 3 is 2.63 bits per heavy atom. The molecule has 2 rings (SSSR count). The van der Waals surface area contributed by atoms with Crippen LogP contribution in [0.5, 0.6) is 11.5 Å². The predicted molar refractivity (Wildman–Crippen MR) is 76.8 cm³/mol. The summed E-state index contributed by atoms with van der Waals surface area (Å²) in [5, 5.41) is 3.50. The van der Waals surface area contributed by atoms with E-state index in [1.807, 2.05) is 12.1 Å². The molecule has 4 heteroatoms. The van der Waals surface area contributed by atoms with Gasteiger partial charge in [0.1, 0.15) is 11.5 Å². The molecule has 1 fully saturated rings. The van der Waals surface area contributed by atoms with Gasteiger partial charge in [0, 0.05) is 12.6 Å². The average molecular weight is 264 g/mol. The van der Waals surface area contributed by atoms with E-state index >= 15 is 0 Å². The number of methoxy groups -OCH3 is 2. The smallest absolute Gasteiger partial charge is 0.125 e. The first-order valence-electron chi connectivity index (χ1n) is 6.85. The summed E-state index contributed by atoms with van der Waals surface area (Å²) in [7, 11) is 3.36. The molecule has 3 N–H and O–H groups in total. The normalized spacial score (nSPS) is 16.2. The predicted octanol–water partition coefficient (Wildman–Crippen LogP) is 1.57. The molecule has 0 aliphatic heterocycles. The van der Waals surface area contributed by atoms with Crippen molar-refractivity contribution in [2.45, 2.75) is 19.3 Å². The molecule has 1 aromatic rings. The Hall–Kier alpha value is -1.26. The van der Waals surface area contributed by atoms with E-state index in [1.165, 1.54) is 18.4 Å². The number of hydrogen-bond acceptors (Lipinski definition) is 4. The van der Waals surface area contributed by atoms with E-state index < -0.39 is 0 Å². The van der Waals surface area contributed by atoms with Crippen LogP contribution in [-0.2, 0) is 6.42 Å². The highest BCUT2D eigenvalue weighted by molar-refractivity contribution is 5.40. The highest BCUT2D eigenvalue weighted by Gasteiger charge is 2.40. The van der Waals surface area contributed by atoms with E-state index in [2.05, 4.69) is 11.4 Å². The molecule has 0 spiro atoms. The van der Waals surface area contributed by atoms with E-state index in [4.69, 9.17) is 15.2 Å². The molecule has 0 amide bonds. The van der Waals surface area contributed by atoms with E-state index in [1.54, 1.807) is 14.2 Å². The summed E-state index contributed by atoms with van der Waals surface area (Å²) in [4.78, 5) is 0. The quantitative estimate of drug-likeness (QED) is 0.700. The number of hydrogen-bond donors (Lipinski definition) is 2. The fourth-order valence-corrected chi connectivity index (χ4v) is 2.26. The topological polar surface area (TPSA) is 56.5 Å². The summed E-state index contributed by atoms with van der Waals surface area (Å²) in [6.45, 7) is 2.78. The first kappa shape index (κ1) is 14.2. The molecule has 0 radical (unpaired) electrons. The third kappa shape index (κ3) is 3.61. The van der Waals surface area contributed by atoms with Crippen LogP contribution in [0.1, 0.15) is 18.4 Å². The second-order valence-electron chi connectivity index (χ2n) is 5.31. The van der Waals surface area contributed by atoms with Crippen molar-refractivity contribution in [3.63, 3.8) is 0 Å². The molecule has 0 atom stereocenters. The van der Waals surface area contributed by atoms with Crippen molar-refractivity contribution in [3.8, 4) is 11.5 Å². The minimum Gasteiger partial charge on any atom is -0.497 e. The molecule has 0 saturated heterocycles. The third-order valence-electron chi connectivity index (χ3n) is 3.96. The molecular formula is C15H24N2O2. The van der Waals surface area contributed by atoms with Crippen LogP contribution in [0.4, 0.5) is 0 Å². The lowest BCUT2D eigenvalue weighted by atomic mass is 10.1. The molecule has 1 aliphatic rings. The summed E-state index contributed by atoms with van der Waals surface area (Å²) >= 11 is 0. The van der Waals surface area contributed by atoms with Gasteiger partial charge in [-0.15, -0.1) is 0 Å². The number of nitrogens with one attached hydrogen (secondary N) is 1. The number of ether oxygens (including phenoxy) is 2. The van der Waals surface area contributed by atoms with Crippen LogP contribution in [0.25, 0.3) is 0 Å². The molecule has 0 heterocycles. The molecule has 0 aromatic heterocycles. The van der Waals surface area contributed by atoms with Gasteiger partial charge in [-0.25, -0.2) is 0 Å². The summed E-state index contributed by atoms with van der Waals surface area (Å²) in [6, 6.07) is 5.97. The molecule has 1 aromatic carbocycles. The van der Waals surface area contributed by atoms with Crippen LogP contribution in [0.2, 0.25) is 0 Å². The molecule has 1 saturated carbocycles. The van der Waals surface area contributed by atoms with Gasteiger partial charge in [-0.05, 0) is 49.4 Å². The third-order valence-corrected chi connectivity index (χ3v) is 3.96. The summed E-state index contributed by atoms with van der Waals surface area (Å²) < 4.78 is 10.6. The number of rotatable bonds is 8. The van der Waals surface area contributed by atoms with Crippen molar-refractivity contribution in [1.82, 2.24) is 5.32 Å². The zero-order valence-electron chi connectivity index (χ0n) is 11.9. The van der Waals surface area contributed by atoms with Gasteiger partial charge in [-0.1, -0.05) is 6.07 Å². The Balaban J connectivity index is 1.82. The molecule has 19 heavy (non-hydrogen) atoms. The SMILES string of the molecule is COc1ccc(CCNCC2(CN)CC2)c(OC)c1. The van der Waals surface area contributed by atoms with Crippen molar-refractivity contribution in [1.29, 1.82) is 0 Å². The molecule has 0 bridgehead atoms. The van der Waals surface area contributed by atoms with Crippen LogP contribution in [-0.4, -0.2) is 33.9 Å². The lowest BCUT2D eigenvalue weighted by Crippen LogP contribution is -2.30. The molecule has 0 unspecified atom stereocenters. The van der Waals surface area contributed by atoms with Crippen molar-refractivity contribution in [3.05, 3.63) is 23.8 Å². The molecule has 106 valence electrons. The van der Waals surface area contributed by atoms with Crippen LogP contribution >= 0.6 is 0 Å².